The summed E-state index contributed by atoms with van der Waals surface area (Å²) < 4.78 is 79.6. The van der Waals surface area contributed by atoms with Gasteiger partial charge in [0.25, 0.3) is 5.91 Å². The van der Waals surface area contributed by atoms with E-state index in [1.807, 2.05) is 0 Å². The molecular formula is C18H12F6N6O. The number of amides is 1. The van der Waals surface area contributed by atoms with Gasteiger partial charge < -0.3 is 5.73 Å². The summed E-state index contributed by atoms with van der Waals surface area (Å²) in [6.45, 7) is 1.39. The number of rotatable bonds is 4. The molecule has 0 aliphatic rings. The quantitative estimate of drug-likeness (QED) is 0.492. The van der Waals surface area contributed by atoms with Gasteiger partial charge in [0.05, 0.1) is 16.7 Å². The predicted molar refractivity (Wildman–Crippen MR) is 95.6 cm³/mol. The number of alkyl halides is 6. The van der Waals surface area contributed by atoms with Crippen LogP contribution in [0.3, 0.4) is 0 Å². The molecule has 0 radical (unpaired) electrons. The molecule has 0 aliphatic carbocycles. The number of hydrogen-bond acceptors (Lipinski definition) is 5. The van der Waals surface area contributed by atoms with Crippen LogP contribution in [-0.4, -0.2) is 30.6 Å². The Morgan fingerprint density at radius 3 is 2.03 bits per heavy atom. The van der Waals surface area contributed by atoms with Crippen molar-refractivity contribution in [3.05, 3.63) is 59.4 Å². The van der Waals surface area contributed by atoms with Crippen molar-refractivity contribution in [1.82, 2.24) is 24.7 Å². The van der Waals surface area contributed by atoms with Crippen molar-refractivity contribution >= 4 is 17.7 Å². The lowest BCUT2D eigenvalue weighted by molar-refractivity contribution is -0.143. The third-order valence-electron chi connectivity index (χ3n) is 4.04. The van der Waals surface area contributed by atoms with Crippen LogP contribution < -0.4 is 5.73 Å². The summed E-state index contributed by atoms with van der Waals surface area (Å²) in [5.74, 6) is -1.21. The van der Waals surface area contributed by atoms with Crippen molar-refractivity contribution in [1.29, 1.82) is 0 Å². The van der Waals surface area contributed by atoms with E-state index in [1.54, 1.807) is 0 Å². The first kappa shape index (κ1) is 21.9. The summed E-state index contributed by atoms with van der Waals surface area (Å²) in [4.78, 5) is 23.2. The number of benzene rings is 1. The lowest BCUT2D eigenvalue weighted by Crippen LogP contribution is -2.14. The van der Waals surface area contributed by atoms with Crippen LogP contribution in [0.25, 0.3) is 23.2 Å². The lowest BCUT2D eigenvalue weighted by Gasteiger charge is -2.13. The maximum Gasteiger partial charge on any atom is 0.416 e. The number of carbonyl (C=O) groups is 1. The first-order valence-electron chi connectivity index (χ1n) is 8.36. The van der Waals surface area contributed by atoms with Crippen molar-refractivity contribution in [2.24, 2.45) is 5.73 Å². The normalized spacial score (nSPS) is 12.8. The van der Waals surface area contributed by atoms with Crippen molar-refractivity contribution in [2.45, 2.75) is 19.3 Å². The second kappa shape index (κ2) is 7.81. The largest absolute Gasteiger partial charge is 0.416 e. The highest BCUT2D eigenvalue weighted by molar-refractivity contribution is 6.22. The molecule has 13 heteroatoms. The molecule has 162 valence electrons. The van der Waals surface area contributed by atoms with Gasteiger partial charge in [0.1, 0.15) is 12.2 Å². The van der Waals surface area contributed by atoms with Gasteiger partial charge in [-0.1, -0.05) is 0 Å². The molecule has 0 spiro atoms. The first-order valence-corrected chi connectivity index (χ1v) is 8.36. The van der Waals surface area contributed by atoms with E-state index in [0.29, 0.717) is 12.1 Å². The topological polar surface area (TPSA) is 99.6 Å². The Morgan fingerprint density at radius 1 is 1.00 bits per heavy atom. The van der Waals surface area contributed by atoms with Crippen molar-refractivity contribution in [3.63, 3.8) is 0 Å². The molecule has 1 amide bonds. The van der Waals surface area contributed by atoms with E-state index in [-0.39, 0.29) is 23.0 Å². The molecule has 3 rings (SSSR count). The van der Waals surface area contributed by atoms with Crippen LogP contribution in [0.1, 0.15) is 22.5 Å². The molecule has 3 aromatic rings. The summed E-state index contributed by atoms with van der Waals surface area (Å²) in [5, 5.41) is 3.92. The van der Waals surface area contributed by atoms with Gasteiger partial charge in [-0.3, -0.25) is 4.79 Å². The average Bonchev–Trinajstić information content (AvgIpc) is 3.05. The molecule has 0 saturated heterocycles. The minimum Gasteiger partial charge on any atom is -0.366 e. The maximum absolute atomic E-state index is 13.1. The SMILES string of the molecule is Cc1nc(-c2cc(C(F)(F)F)cc(C(F)(F)F)c2)nn1/C=C(/C(N)=O)c1cncnc1. The zero-order valence-corrected chi connectivity index (χ0v) is 15.5. The Kier molecular flexibility index (Phi) is 5.53. The van der Waals surface area contributed by atoms with Gasteiger partial charge in [0.2, 0.25) is 0 Å². The fourth-order valence-corrected chi connectivity index (χ4v) is 2.57. The van der Waals surface area contributed by atoms with Crippen LogP contribution in [0, 0.1) is 6.92 Å². The molecule has 0 bridgehead atoms. The molecular weight excluding hydrogens is 430 g/mol. The molecule has 0 saturated carbocycles. The summed E-state index contributed by atoms with van der Waals surface area (Å²) in [6.07, 6.45) is -5.10. The summed E-state index contributed by atoms with van der Waals surface area (Å²) in [6, 6.07) is 1.03. The van der Waals surface area contributed by atoms with Crippen LogP contribution in [0.15, 0.2) is 36.9 Å². The summed E-state index contributed by atoms with van der Waals surface area (Å²) in [7, 11) is 0. The summed E-state index contributed by atoms with van der Waals surface area (Å²) in [5.41, 5.74) is 1.98. The van der Waals surface area contributed by atoms with Gasteiger partial charge in [-0.05, 0) is 25.1 Å². The van der Waals surface area contributed by atoms with E-state index in [0.717, 1.165) is 10.9 Å². The Bertz CT molecular complexity index is 1120. The minimum absolute atomic E-state index is 0.00779. The van der Waals surface area contributed by atoms with Crippen molar-refractivity contribution in [2.75, 3.05) is 0 Å². The monoisotopic (exact) mass is 442 g/mol. The average molecular weight is 442 g/mol. The Labute approximate surface area is 170 Å². The first-order chi connectivity index (χ1) is 14.4. The zero-order chi connectivity index (χ0) is 23.0. The predicted octanol–water partition coefficient (Wildman–Crippen LogP) is 3.56. The Morgan fingerprint density at radius 2 is 1.55 bits per heavy atom. The lowest BCUT2D eigenvalue weighted by atomic mass is 10.0. The van der Waals surface area contributed by atoms with Gasteiger partial charge in [-0.2, -0.15) is 26.3 Å². The van der Waals surface area contributed by atoms with Gasteiger partial charge in [-0.25, -0.2) is 19.6 Å². The molecule has 0 atom stereocenters. The standard InChI is InChI=1S/C18H12F6N6O/c1-9-28-16(10-2-12(17(19,20)21)4-13(3-10)18(22,23)24)29-30(9)7-14(15(25)31)11-5-26-8-27-6-11/h2-8H,1H3,(H2,25,31)/b14-7+. The number of halogens is 6. The molecule has 1 aromatic carbocycles. The number of nitrogens with two attached hydrogens (primary N) is 1. The molecule has 0 fully saturated rings. The van der Waals surface area contributed by atoms with Crippen molar-refractivity contribution in [3.8, 4) is 11.4 Å². The molecule has 0 unspecified atom stereocenters. The third kappa shape index (κ3) is 4.87. The van der Waals surface area contributed by atoms with E-state index in [1.165, 1.54) is 25.6 Å². The number of aromatic nitrogens is 5. The van der Waals surface area contributed by atoms with Gasteiger partial charge >= 0.3 is 12.4 Å². The highest BCUT2D eigenvalue weighted by Gasteiger charge is 2.37. The Hall–Kier alpha value is -3.77. The zero-order valence-electron chi connectivity index (χ0n) is 15.5. The number of carbonyl (C=O) groups excluding carboxylic acids is 1. The smallest absolute Gasteiger partial charge is 0.366 e. The summed E-state index contributed by atoms with van der Waals surface area (Å²) >= 11 is 0. The fraction of sp³-hybridized carbons (Fsp3) is 0.167. The molecule has 7 nitrogen and oxygen atoms in total. The second-order valence-corrected chi connectivity index (χ2v) is 6.26. The fourth-order valence-electron chi connectivity index (χ4n) is 2.57. The van der Waals surface area contributed by atoms with E-state index < -0.39 is 40.8 Å². The van der Waals surface area contributed by atoms with Crippen LogP contribution in [-0.2, 0) is 17.1 Å². The van der Waals surface area contributed by atoms with E-state index in [4.69, 9.17) is 5.73 Å². The van der Waals surface area contributed by atoms with Gasteiger partial charge in [0.15, 0.2) is 5.82 Å². The molecule has 2 heterocycles. The number of aryl methyl sites for hydroxylation is 1. The number of primary amides is 1. The maximum atomic E-state index is 13.1. The van der Waals surface area contributed by atoms with Crippen LogP contribution in [0.4, 0.5) is 26.3 Å². The number of nitrogens with zero attached hydrogens (tertiary/aromatic N) is 5. The molecule has 2 N–H and O–H groups in total. The van der Waals surface area contributed by atoms with Crippen LogP contribution in [0.2, 0.25) is 0 Å². The van der Waals surface area contributed by atoms with Crippen molar-refractivity contribution < 1.29 is 31.1 Å². The highest BCUT2D eigenvalue weighted by Crippen LogP contribution is 2.38. The molecule has 2 aromatic heterocycles. The Balaban J connectivity index is 2.13. The second-order valence-electron chi connectivity index (χ2n) is 6.26. The molecule has 31 heavy (non-hydrogen) atoms. The third-order valence-corrected chi connectivity index (χ3v) is 4.04. The number of hydrogen-bond donors (Lipinski definition) is 1. The van der Waals surface area contributed by atoms with Crippen LogP contribution in [0.5, 0.6) is 0 Å². The van der Waals surface area contributed by atoms with E-state index >= 15 is 0 Å². The van der Waals surface area contributed by atoms with Crippen LogP contribution >= 0.6 is 0 Å². The minimum atomic E-state index is -5.01. The van der Waals surface area contributed by atoms with E-state index in [2.05, 4.69) is 20.1 Å². The van der Waals surface area contributed by atoms with E-state index in [9.17, 15) is 31.1 Å². The van der Waals surface area contributed by atoms with Gasteiger partial charge in [0, 0.05) is 29.7 Å². The molecule has 0 aliphatic heterocycles. The van der Waals surface area contributed by atoms with Gasteiger partial charge in [-0.15, -0.1) is 5.10 Å². The highest BCUT2D eigenvalue weighted by atomic mass is 19.4.